The van der Waals surface area contributed by atoms with Gasteiger partial charge >= 0.3 is 0 Å². The highest BCUT2D eigenvalue weighted by Gasteiger charge is 2.45. The molecule has 0 N–H and O–H groups in total. The zero-order valence-electron chi connectivity index (χ0n) is 10.3. The van der Waals surface area contributed by atoms with Gasteiger partial charge in [-0.1, -0.05) is 18.6 Å². The van der Waals surface area contributed by atoms with Crippen LogP contribution in [0, 0.1) is 5.92 Å². The molecule has 0 spiro atoms. The number of hydrogen-bond acceptors (Lipinski definition) is 3. The van der Waals surface area contributed by atoms with Gasteiger partial charge in [-0.25, -0.2) is 8.42 Å². The molecule has 2 atom stereocenters. The minimum atomic E-state index is -2.94. The lowest BCUT2D eigenvalue weighted by molar-refractivity contribution is -0.122. The Morgan fingerprint density at radius 1 is 1.24 bits per heavy atom. The van der Waals surface area contributed by atoms with Gasteiger partial charge in [0.15, 0.2) is 9.84 Å². The molecular weight excluding hydrogens is 236 g/mol. The third-order valence-corrected chi connectivity index (χ3v) is 6.72. The summed E-state index contributed by atoms with van der Waals surface area (Å²) in [4.78, 5) is 12.0. The normalized spacial score (nSPS) is 35.2. The minimum absolute atomic E-state index is 0.0504. The minimum Gasteiger partial charge on any atom is -0.299 e. The second kappa shape index (κ2) is 4.56. The lowest BCUT2D eigenvalue weighted by Gasteiger charge is -2.38. The molecule has 0 aliphatic carbocycles. The molecule has 4 heteroatoms. The quantitative estimate of drug-likeness (QED) is 0.728. The number of ketones is 1. The van der Waals surface area contributed by atoms with Crippen molar-refractivity contribution in [3.8, 4) is 0 Å². The van der Waals surface area contributed by atoms with E-state index in [2.05, 4.69) is 6.58 Å². The van der Waals surface area contributed by atoms with Gasteiger partial charge in [-0.05, 0) is 32.6 Å². The van der Waals surface area contributed by atoms with E-state index in [1.807, 2.05) is 6.92 Å². The summed E-state index contributed by atoms with van der Waals surface area (Å²) in [5.74, 6) is 0.134. The first kappa shape index (κ1) is 12.8. The average molecular weight is 256 g/mol. The van der Waals surface area contributed by atoms with Gasteiger partial charge in [-0.2, -0.15) is 0 Å². The van der Waals surface area contributed by atoms with Crippen LogP contribution in [-0.4, -0.2) is 24.7 Å². The van der Waals surface area contributed by atoms with Gasteiger partial charge in [0.2, 0.25) is 0 Å². The van der Waals surface area contributed by atoms with Crippen LogP contribution in [0.25, 0.3) is 0 Å². The van der Waals surface area contributed by atoms with Crippen LogP contribution >= 0.6 is 0 Å². The van der Waals surface area contributed by atoms with Crippen molar-refractivity contribution in [2.75, 3.05) is 0 Å². The van der Waals surface area contributed by atoms with Crippen molar-refractivity contribution in [2.45, 2.75) is 55.9 Å². The zero-order chi connectivity index (χ0) is 12.6. The summed E-state index contributed by atoms with van der Waals surface area (Å²) < 4.78 is 24.1. The smallest absolute Gasteiger partial charge is 0.156 e. The maximum Gasteiger partial charge on any atom is 0.156 e. The number of Topliss-reactive ketones (excluding diaryl/α,β-unsaturated/α-hetero) is 1. The van der Waals surface area contributed by atoms with Crippen molar-refractivity contribution in [1.82, 2.24) is 0 Å². The fourth-order valence-corrected chi connectivity index (χ4v) is 5.65. The fourth-order valence-electron chi connectivity index (χ4n) is 3.11. The summed E-state index contributed by atoms with van der Waals surface area (Å²) in [6.07, 6.45) is 3.99. The molecule has 2 fully saturated rings. The number of sulfone groups is 1. The third kappa shape index (κ3) is 2.46. The molecule has 17 heavy (non-hydrogen) atoms. The van der Waals surface area contributed by atoms with Crippen molar-refractivity contribution in [3.63, 3.8) is 0 Å². The van der Waals surface area contributed by atoms with Gasteiger partial charge in [0.1, 0.15) is 5.78 Å². The first-order valence-electron chi connectivity index (χ1n) is 6.31. The molecule has 96 valence electrons. The number of carbonyl (C=O) groups is 1. The van der Waals surface area contributed by atoms with Gasteiger partial charge in [0.05, 0.1) is 10.5 Å². The molecule has 0 radical (unpaired) electrons. The van der Waals surface area contributed by atoms with E-state index in [-0.39, 0.29) is 22.2 Å². The van der Waals surface area contributed by atoms with Crippen LogP contribution in [0.1, 0.15) is 45.4 Å². The van der Waals surface area contributed by atoms with Crippen molar-refractivity contribution in [2.24, 2.45) is 5.92 Å². The van der Waals surface area contributed by atoms with Crippen LogP contribution in [0.3, 0.4) is 0 Å². The molecule has 0 aromatic rings. The molecule has 3 nitrogen and oxygen atoms in total. The summed E-state index contributed by atoms with van der Waals surface area (Å²) >= 11 is 0. The number of allylic oxidation sites excluding steroid dienone is 1. The van der Waals surface area contributed by atoms with E-state index in [1.54, 1.807) is 0 Å². The molecule has 2 bridgehead atoms. The van der Waals surface area contributed by atoms with Gasteiger partial charge in [0, 0.05) is 12.3 Å². The summed E-state index contributed by atoms with van der Waals surface area (Å²) in [6, 6.07) is 0. The fraction of sp³-hybridized carbons (Fsp3) is 0.769. The molecule has 2 aliphatic heterocycles. The van der Waals surface area contributed by atoms with Crippen LogP contribution in [0.15, 0.2) is 12.2 Å². The van der Waals surface area contributed by atoms with E-state index in [0.717, 1.165) is 24.8 Å². The molecule has 2 saturated heterocycles. The Bertz CT molecular complexity index is 416. The Kier molecular flexibility index (Phi) is 3.43. The first-order chi connectivity index (χ1) is 7.91. The van der Waals surface area contributed by atoms with Crippen molar-refractivity contribution in [1.29, 1.82) is 0 Å². The van der Waals surface area contributed by atoms with Gasteiger partial charge in [-0.3, -0.25) is 4.79 Å². The second-order valence-electron chi connectivity index (χ2n) is 5.53. The summed E-state index contributed by atoms with van der Waals surface area (Å²) in [7, 11) is -2.94. The average Bonchev–Trinajstić information content (AvgIpc) is 2.13. The lowest BCUT2D eigenvalue weighted by Crippen LogP contribution is -2.45. The molecule has 2 aliphatic rings. The Hall–Kier alpha value is -0.640. The maximum atomic E-state index is 12.1. The highest BCUT2D eigenvalue weighted by atomic mass is 32.2. The summed E-state index contributed by atoms with van der Waals surface area (Å²) in [5.41, 5.74) is 0.869. The topological polar surface area (TPSA) is 51.2 Å². The molecule has 0 aromatic heterocycles. The Morgan fingerprint density at radius 2 is 1.76 bits per heavy atom. The van der Waals surface area contributed by atoms with E-state index in [1.165, 1.54) is 0 Å². The van der Waals surface area contributed by atoms with Crippen molar-refractivity contribution in [3.05, 3.63) is 12.2 Å². The molecule has 0 saturated carbocycles. The van der Waals surface area contributed by atoms with Crippen molar-refractivity contribution >= 4 is 15.6 Å². The standard InChI is InChI=1S/C13H20O3S/c1-9(2)6-13(14)10-7-11-4-3-5-12(8-10)17(11,15)16/h10-12H,1,3-8H2,2H3. The number of fused-ring (bicyclic) bond motifs is 2. The van der Waals surface area contributed by atoms with Gasteiger partial charge in [0.25, 0.3) is 0 Å². The SMILES string of the molecule is C=C(C)CC(=O)C1CC2CCCC(C1)S2(=O)=O. The van der Waals surface area contributed by atoms with Crippen LogP contribution in [0.5, 0.6) is 0 Å². The molecule has 0 amide bonds. The molecular formula is C13H20O3S. The van der Waals surface area contributed by atoms with Crippen LogP contribution in [0.2, 0.25) is 0 Å². The van der Waals surface area contributed by atoms with Crippen LogP contribution < -0.4 is 0 Å². The lowest BCUT2D eigenvalue weighted by atomic mass is 9.85. The van der Waals surface area contributed by atoms with Crippen LogP contribution in [-0.2, 0) is 14.6 Å². The number of carbonyl (C=O) groups excluding carboxylic acids is 1. The van der Waals surface area contributed by atoms with E-state index < -0.39 is 9.84 Å². The number of rotatable bonds is 3. The van der Waals surface area contributed by atoms with E-state index in [4.69, 9.17) is 0 Å². The van der Waals surface area contributed by atoms with Crippen molar-refractivity contribution < 1.29 is 13.2 Å². The van der Waals surface area contributed by atoms with Gasteiger partial charge < -0.3 is 0 Å². The molecule has 2 rings (SSSR count). The number of hydrogen-bond donors (Lipinski definition) is 0. The van der Waals surface area contributed by atoms with Crippen LogP contribution in [0.4, 0.5) is 0 Å². The molecule has 2 heterocycles. The van der Waals surface area contributed by atoms with E-state index in [0.29, 0.717) is 19.3 Å². The third-order valence-electron chi connectivity index (χ3n) is 4.01. The monoisotopic (exact) mass is 256 g/mol. The molecule has 2 unspecified atom stereocenters. The van der Waals surface area contributed by atoms with Gasteiger partial charge in [-0.15, -0.1) is 0 Å². The Balaban J connectivity index is 2.11. The zero-order valence-corrected chi connectivity index (χ0v) is 11.1. The van der Waals surface area contributed by atoms with E-state index in [9.17, 15) is 13.2 Å². The highest BCUT2D eigenvalue weighted by molar-refractivity contribution is 7.92. The Labute approximate surface area is 103 Å². The summed E-state index contributed by atoms with van der Waals surface area (Å²) in [6.45, 7) is 5.60. The summed E-state index contributed by atoms with van der Waals surface area (Å²) in [5, 5.41) is -0.511. The predicted molar refractivity (Wildman–Crippen MR) is 67.5 cm³/mol. The largest absolute Gasteiger partial charge is 0.299 e. The van der Waals surface area contributed by atoms with E-state index >= 15 is 0 Å². The molecule has 0 aromatic carbocycles. The predicted octanol–water partition coefficient (Wildman–Crippen LogP) is 2.27. The first-order valence-corrected chi connectivity index (χ1v) is 7.92. The second-order valence-corrected chi connectivity index (χ2v) is 8.04. The maximum absolute atomic E-state index is 12.1. The highest BCUT2D eigenvalue weighted by Crippen LogP contribution is 2.40. The Morgan fingerprint density at radius 3 is 2.24 bits per heavy atom.